The number of nitrogens with one attached hydrogen (secondary N) is 1. The summed E-state index contributed by atoms with van der Waals surface area (Å²) in [5.74, 6) is -0.355. The van der Waals surface area contributed by atoms with Crippen LogP contribution in [0.4, 0.5) is 4.39 Å². The summed E-state index contributed by atoms with van der Waals surface area (Å²) < 4.78 is 15.3. The third-order valence-electron chi connectivity index (χ3n) is 2.73. The van der Waals surface area contributed by atoms with Gasteiger partial charge < -0.3 is 5.32 Å². The van der Waals surface area contributed by atoms with E-state index in [1.165, 1.54) is 6.07 Å². The van der Waals surface area contributed by atoms with Gasteiger partial charge >= 0.3 is 0 Å². The predicted octanol–water partition coefficient (Wildman–Crippen LogP) is 1.72. The molecule has 0 radical (unpaired) electrons. The fraction of sp³-hybridized carbons (Fsp3) is 0.231. The lowest BCUT2D eigenvalue weighted by molar-refractivity contribution is 0.576. The predicted molar refractivity (Wildman–Crippen MR) is 64.9 cm³/mol. The number of nitrogens with zero attached hydrogens (tertiary/aromatic N) is 3. The number of nitriles is 1. The number of hydrogen-bond donors (Lipinski definition) is 1. The minimum absolute atomic E-state index is 0.336. The SMILES string of the molecule is Cn1nccc1CNCc1ccc(C#N)cc1F. The number of hydrogen-bond acceptors (Lipinski definition) is 3. The van der Waals surface area contributed by atoms with Gasteiger partial charge in [-0.3, -0.25) is 4.68 Å². The molecule has 18 heavy (non-hydrogen) atoms. The Bertz CT molecular complexity index is 583. The van der Waals surface area contributed by atoms with Gasteiger partial charge in [0.15, 0.2) is 0 Å². The van der Waals surface area contributed by atoms with Crippen molar-refractivity contribution in [3.8, 4) is 6.07 Å². The maximum atomic E-state index is 13.6. The molecular weight excluding hydrogens is 231 g/mol. The van der Waals surface area contributed by atoms with Crippen LogP contribution in [0, 0.1) is 17.1 Å². The molecule has 0 bridgehead atoms. The summed E-state index contributed by atoms with van der Waals surface area (Å²) in [5.41, 5.74) is 1.92. The van der Waals surface area contributed by atoms with Gasteiger partial charge in [-0.1, -0.05) is 6.07 Å². The molecule has 1 aromatic heterocycles. The van der Waals surface area contributed by atoms with Gasteiger partial charge in [0.2, 0.25) is 0 Å². The summed E-state index contributed by atoms with van der Waals surface area (Å²) >= 11 is 0. The molecule has 0 saturated carbocycles. The Balaban J connectivity index is 1.95. The Morgan fingerprint density at radius 2 is 2.22 bits per heavy atom. The molecule has 0 aliphatic rings. The molecule has 0 atom stereocenters. The van der Waals surface area contributed by atoms with E-state index in [4.69, 9.17) is 5.26 Å². The lowest BCUT2D eigenvalue weighted by Crippen LogP contribution is -2.16. The molecule has 0 spiro atoms. The monoisotopic (exact) mass is 244 g/mol. The molecule has 2 rings (SSSR count). The van der Waals surface area contributed by atoms with Crippen molar-refractivity contribution >= 4 is 0 Å². The van der Waals surface area contributed by atoms with Gasteiger partial charge in [-0.2, -0.15) is 10.4 Å². The minimum Gasteiger partial charge on any atom is -0.307 e. The fourth-order valence-electron chi connectivity index (χ4n) is 1.66. The largest absolute Gasteiger partial charge is 0.307 e. The molecule has 0 aliphatic heterocycles. The van der Waals surface area contributed by atoms with Crippen LogP contribution in [0.3, 0.4) is 0 Å². The molecule has 0 unspecified atom stereocenters. The highest BCUT2D eigenvalue weighted by Gasteiger charge is 2.04. The second-order valence-corrected chi connectivity index (χ2v) is 3.97. The van der Waals surface area contributed by atoms with Crippen molar-refractivity contribution < 1.29 is 4.39 Å². The molecule has 0 saturated heterocycles. The molecule has 5 heteroatoms. The van der Waals surface area contributed by atoms with E-state index in [9.17, 15) is 4.39 Å². The maximum absolute atomic E-state index is 13.6. The van der Waals surface area contributed by atoms with Crippen LogP contribution in [0.15, 0.2) is 30.5 Å². The molecule has 0 aliphatic carbocycles. The van der Waals surface area contributed by atoms with Crippen molar-refractivity contribution in [2.75, 3.05) is 0 Å². The van der Waals surface area contributed by atoms with E-state index in [1.54, 1.807) is 23.0 Å². The van der Waals surface area contributed by atoms with Gasteiger partial charge in [0.05, 0.1) is 17.3 Å². The molecule has 0 fully saturated rings. The summed E-state index contributed by atoms with van der Waals surface area (Å²) in [6.45, 7) is 1.04. The first-order valence-corrected chi connectivity index (χ1v) is 5.57. The topological polar surface area (TPSA) is 53.6 Å². The minimum atomic E-state index is -0.355. The normalized spacial score (nSPS) is 10.3. The van der Waals surface area contributed by atoms with Crippen LogP contribution in [-0.4, -0.2) is 9.78 Å². The molecule has 92 valence electrons. The van der Waals surface area contributed by atoms with Crippen molar-refractivity contribution in [2.45, 2.75) is 13.1 Å². The van der Waals surface area contributed by atoms with E-state index in [1.807, 2.05) is 19.2 Å². The summed E-state index contributed by atoms with van der Waals surface area (Å²) in [6.07, 6.45) is 1.72. The Morgan fingerprint density at radius 1 is 1.39 bits per heavy atom. The first-order valence-electron chi connectivity index (χ1n) is 5.57. The number of benzene rings is 1. The van der Waals surface area contributed by atoms with Crippen LogP contribution in [0.2, 0.25) is 0 Å². The first kappa shape index (κ1) is 12.3. The number of halogens is 1. The third kappa shape index (κ3) is 2.73. The molecule has 1 aromatic carbocycles. The van der Waals surface area contributed by atoms with E-state index in [2.05, 4.69) is 10.4 Å². The quantitative estimate of drug-likeness (QED) is 0.891. The molecule has 2 aromatic rings. The van der Waals surface area contributed by atoms with Gasteiger partial charge in [-0.25, -0.2) is 4.39 Å². The lowest BCUT2D eigenvalue weighted by atomic mass is 10.1. The zero-order chi connectivity index (χ0) is 13.0. The van der Waals surface area contributed by atoms with Crippen molar-refractivity contribution in [3.05, 3.63) is 53.1 Å². The van der Waals surface area contributed by atoms with Crippen molar-refractivity contribution in [3.63, 3.8) is 0 Å². The van der Waals surface area contributed by atoms with E-state index in [0.717, 1.165) is 5.69 Å². The van der Waals surface area contributed by atoms with Crippen molar-refractivity contribution in [2.24, 2.45) is 7.05 Å². The summed E-state index contributed by atoms with van der Waals surface area (Å²) in [7, 11) is 1.86. The van der Waals surface area contributed by atoms with E-state index < -0.39 is 0 Å². The molecule has 4 nitrogen and oxygen atoms in total. The lowest BCUT2D eigenvalue weighted by Gasteiger charge is -2.06. The fourth-order valence-corrected chi connectivity index (χ4v) is 1.66. The van der Waals surface area contributed by atoms with Crippen LogP contribution in [0.25, 0.3) is 0 Å². The van der Waals surface area contributed by atoms with Gasteiger partial charge in [0.1, 0.15) is 5.82 Å². The zero-order valence-corrected chi connectivity index (χ0v) is 10.0. The standard InChI is InChI=1S/C13H13FN4/c1-18-12(4-5-17-18)9-16-8-11-3-2-10(7-15)6-13(11)14/h2-6,16H,8-9H2,1H3. The van der Waals surface area contributed by atoms with E-state index >= 15 is 0 Å². The van der Waals surface area contributed by atoms with Crippen LogP contribution in [0.5, 0.6) is 0 Å². The number of aryl methyl sites for hydroxylation is 1. The van der Waals surface area contributed by atoms with Gasteiger partial charge in [0.25, 0.3) is 0 Å². The van der Waals surface area contributed by atoms with Gasteiger partial charge in [-0.05, 0) is 18.2 Å². The maximum Gasteiger partial charge on any atom is 0.129 e. The first-order chi connectivity index (χ1) is 8.70. The smallest absolute Gasteiger partial charge is 0.129 e. The highest BCUT2D eigenvalue weighted by atomic mass is 19.1. The average molecular weight is 244 g/mol. The van der Waals surface area contributed by atoms with E-state index in [0.29, 0.717) is 24.2 Å². The van der Waals surface area contributed by atoms with Crippen LogP contribution in [-0.2, 0) is 20.1 Å². The second kappa shape index (κ2) is 5.43. The Labute approximate surface area is 105 Å². The van der Waals surface area contributed by atoms with Crippen molar-refractivity contribution in [1.82, 2.24) is 15.1 Å². The van der Waals surface area contributed by atoms with Crippen molar-refractivity contribution in [1.29, 1.82) is 5.26 Å². The highest BCUT2D eigenvalue weighted by molar-refractivity contribution is 5.32. The van der Waals surface area contributed by atoms with Crippen LogP contribution < -0.4 is 5.32 Å². The van der Waals surface area contributed by atoms with Crippen LogP contribution >= 0.6 is 0 Å². The molecule has 1 N–H and O–H groups in total. The van der Waals surface area contributed by atoms with Crippen LogP contribution in [0.1, 0.15) is 16.8 Å². The number of aromatic nitrogens is 2. The third-order valence-corrected chi connectivity index (χ3v) is 2.73. The second-order valence-electron chi connectivity index (χ2n) is 3.97. The molecule has 1 heterocycles. The molecular formula is C13H13FN4. The summed E-state index contributed by atoms with van der Waals surface area (Å²) in [4.78, 5) is 0. The summed E-state index contributed by atoms with van der Waals surface area (Å²) in [6, 6.07) is 8.31. The molecule has 0 amide bonds. The van der Waals surface area contributed by atoms with E-state index in [-0.39, 0.29) is 5.82 Å². The van der Waals surface area contributed by atoms with Gasteiger partial charge in [0, 0.05) is 31.9 Å². The van der Waals surface area contributed by atoms with Gasteiger partial charge in [-0.15, -0.1) is 0 Å². The number of rotatable bonds is 4. The summed E-state index contributed by atoms with van der Waals surface area (Å²) in [5, 5.41) is 15.8. The highest BCUT2D eigenvalue weighted by Crippen LogP contribution is 2.09. The Morgan fingerprint density at radius 3 is 2.83 bits per heavy atom. The Hall–Kier alpha value is -2.19. The average Bonchev–Trinajstić information content (AvgIpc) is 2.77. The Kier molecular flexibility index (Phi) is 3.70. The zero-order valence-electron chi connectivity index (χ0n) is 10.0.